The van der Waals surface area contributed by atoms with Gasteiger partial charge in [0.1, 0.15) is 5.82 Å². The Morgan fingerprint density at radius 3 is 2.53 bits per heavy atom. The summed E-state index contributed by atoms with van der Waals surface area (Å²) in [5, 5.41) is 0.723. The lowest BCUT2D eigenvalue weighted by Gasteiger charge is -2.40. The van der Waals surface area contributed by atoms with E-state index in [2.05, 4.69) is 22.5 Å². The average molecular weight is 637 g/mol. The fraction of sp³-hybridized carbons (Fsp3) is 0.389. The smallest absolute Gasteiger partial charge is 0.355 e. The lowest BCUT2D eigenvalue weighted by molar-refractivity contribution is -0.132. The maximum atomic E-state index is 14.3. The van der Waals surface area contributed by atoms with Gasteiger partial charge in [-0.1, -0.05) is 26.5 Å². The molecule has 2 fully saturated rings. The van der Waals surface area contributed by atoms with Crippen molar-refractivity contribution in [2.75, 3.05) is 31.6 Å². The van der Waals surface area contributed by atoms with E-state index in [9.17, 15) is 14.4 Å². The topological polar surface area (TPSA) is 120 Å². The Kier molecular flexibility index (Phi) is 8.57. The first kappa shape index (κ1) is 31.9. The van der Waals surface area contributed by atoms with Crippen LogP contribution in [0.3, 0.4) is 0 Å². The van der Waals surface area contributed by atoms with E-state index in [0.717, 1.165) is 35.0 Å². The summed E-state index contributed by atoms with van der Waals surface area (Å²) < 4.78 is 12.9. The number of aryl methyl sites for hydroxylation is 1. The Morgan fingerprint density at radius 1 is 1.13 bits per heavy atom. The third-order valence-electron chi connectivity index (χ3n) is 8.90. The van der Waals surface area contributed by atoms with Crippen molar-refractivity contribution in [3.05, 3.63) is 76.5 Å². The van der Waals surface area contributed by atoms with Crippen LogP contribution in [-0.2, 0) is 9.59 Å². The fourth-order valence-electron chi connectivity index (χ4n) is 6.49. The highest BCUT2D eigenvalue weighted by Crippen LogP contribution is 2.48. The van der Waals surface area contributed by atoms with Gasteiger partial charge in [-0.25, -0.2) is 14.3 Å². The van der Waals surface area contributed by atoms with Gasteiger partial charge < -0.3 is 19.3 Å². The highest BCUT2D eigenvalue weighted by molar-refractivity contribution is 5.93. The van der Waals surface area contributed by atoms with Crippen molar-refractivity contribution in [3.63, 3.8) is 0 Å². The van der Waals surface area contributed by atoms with Gasteiger partial charge in [0.25, 0.3) is 0 Å². The summed E-state index contributed by atoms with van der Waals surface area (Å²) in [6.07, 6.45) is 5.04. The van der Waals surface area contributed by atoms with Crippen LogP contribution in [0, 0.1) is 6.92 Å². The molecule has 2 aliphatic rings. The van der Waals surface area contributed by atoms with Crippen molar-refractivity contribution in [3.8, 4) is 28.4 Å². The molecule has 0 radical (unpaired) electrons. The number of hydrogen-bond donors (Lipinski definition) is 0. The van der Waals surface area contributed by atoms with Gasteiger partial charge in [0.05, 0.1) is 29.6 Å². The summed E-state index contributed by atoms with van der Waals surface area (Å²) in [5.41, 5.74) is 4.39. The van der Waals surface area contributed by atoms with Gasteiger partial charge >= 0.3 is 11.7 Å². The number of carbonyl (C=O) groups is 2. The van der Waals surface area contributed by atoms with Gasteiger partial charge in [0, 0.05) is 44.4 Å². The number of hydrogen-bond acceptors (Lipinski definition) is 9. The van der Waals surface area contributed by atoms with Crippen LogP contribution in [0.2, 0.25) is 0 Å². The first-order valence-electron chi connectivity index (χ1n) is 16.0. The lowest BCUT2D eigenvalue weighted by Crippen LogP contribution is -2.54. The van der Waals surface area contributed by atoms with E-state index in [1.807, 2.05) is 45.9 Å². The molecule has 1 saturated heterocycles. The predicted molar refractivity (Wildman–Crippen MR) is 181 cm³/mol. The molecule has 244 valence electrons. The monoisotopic (exact) mass is 636 g/mol. The zero-order valence-corrected chi connectivity index (χ0v) is 27.7. The van der Waals surface area contributed by atoms with Gasteiger partial charge in [-0.2, -0.15) is 4.98 Å². The molecule has 4 heterocycles. The summed E-state index contributed by atoms with van der Waals surface area (Å²) >= 11 is 0. The van der Waals surface area contributed by atoms with Crippen LogP contribution < -0.4 is 20.1 Å². The minimum Gasteiger partial charge on any atom is -0.493 e. The summed E-state index contributed by atoms with van der Waals surface area (Å²) in [4.78, 5) is 57.6. The molecule has 3 aromatic heterocycles. The van der Waals surface area contributed by atoms with Crippen molar-refractivity contribution >= 4 is 28.7 Å². The zero-order valence-electron chi connectivity index (χ0n) is 27.7. The predicted octanol–water partition coefficient (Wildman–Crippen LogP) is 5.31. The molecule has 1 unspecified atom stereocenters. The number of pyridine rings is 2. The van der Waals surface area contributed by atoms with Crippen molar-refractivity contribution in [1.29, 1.82) is 0 Å². The summed E-state index contributed by atoms with van der Waals surface area (Å²) in [5.74, 6) is 0.847. The third kappa shape index (κ3) is 5.86. The lowest BCUT2D eigenvalue weighted by atomic mass is 9.99. The van der Waals surface area contributed by atoms with Gasteiger partial charge in [0.2, 0.25) is 5.91 Å². The van der Waals surface area contributed by atoms with Crippen LogP contribution >= 0.6 is 0 Å². The molecule has 0 N–H and O–H groups in total. The number of ether oxygens (including phenoxy) is 2. The number of benzene rings is 1. The molecule has 6 rings (SSSR count). The maximum absolute atomic E-state index is 14.3. The first-order valence-corrected chi connectivity index (χ1v) is 16.0. The summed E-state index contributed by atoms with van der Waals surface area (Å²) in [6, 6.07) is 9.29. The Bertz CT molecular complexity index is 1960. The van der Waals surface area contributed by atoms with Gasteiger partial charge in [-0.05, 0) is 80.0 Å². The SMILES string of the molecule is C=CC(=O)N1CCN(c2nc(=O)n(-c3c(C)ccnc3C(C)C)c3nc(-c4cccc(OC)c4OC(C)=O)c(C4CC4)cc23)C(C)C1. The normalized spacial score (nSPS) is 16.4. The largest absolute Gasteiger partial charge is 0.493 e. The number of amides is 1. The molecule has 47 heavy (non-hydrogen) atoms. The van der Waals surface area contributed by atoms with E-state index < -0.39 is 11.7 Å². The van der Waals surface area contributed by atoms with Crippen LogP contribution in [0.25, 0.3) is 28.0 Å². The van der Waals surface area contributed by atoms with Gasteiger partial charge in [-0.3, -0.25) is 14.6 Å². The highest BCUT2D eigenvalue weighted by atomic mass is 16.6. The minimum atomic E-state index is -0.483. The molecule has 1 amide bonds. The Hall–Kier alpha value is -5.06. The van der Waals surface area contributed by atoms with Crippen LogP contribution in [0.4, 0.5) is 5.82 Å². The van der Waals surface area contributed by atoms with E-state index in [4.69, 9.17) is 19.4 Å². The van der Waals surface area contributed by atoms with E-state index in [-0.39, 0.29) is 29.5 Å². The number of para-hydroxylation sites is 1. The van der Waals surface area contributed by atoms with Crippen molar-refractivity contribution in [2.24, 2.45) is 0 Å². The Morgan fingerprint density at radius 2 is 1.89 bits per heavy atom. The number of carbonyl (C=O) groups excluding carboxylic acids is 2. The second-order valence-electron chi connectivity index (χ2n) is 12.6. The molecule has 1 aliphatic heterocycles. The molecular formula is C36H40N6O5. The number of nitrogens with zero attached hydrogens (tertiary/aromatic N) is 6. The van der Waals surface area contributed by atoms with Crippen LogP contribution in [0.15, 0.2) is 54.0 Å². The number of anilines is 1. The summed E-state index contributed by atoms with van der Waals surface area (Å²) in [7, 11) is 1.53. The standard InChI is InChI=1S/C36H40N6O5/c1-8-29(44)40-16-17-41(22(5)19-40)34-27-18-26(24-12-13-24)31(25-10-9-11-28(46-7)33(25)47-23(6)43)38-35(27)42(36(45)39-34)32-21(4)14-15-37-30(32)20(2)3/h8-11,14-15,18,20,22,24H,1,12-13,16-17,19H2,2-7H3. The molecule has 0 spiro atoms. The van der Waals surface area contributed by atoms with E-state index in [0.29, 0.717) is 53.8 Å². The van der Waals surface area contributed by atoms with Gasteiger partial charge in [-0.15, -0.1) is 0 Å². The minimum absolute atomic E-state index is 0.0150. The number of piperazine rings is 1. The Balaban J connectivity index is 1.69. The number of fused-ring (bicyclic) bond motifs is 1. The second-order valence-corrected chi connectivity index (χ2v) is 12.6. The third-order valence-corrected chi connectivity index (χ3v) is 8.90. The molecule has 11 nitrogen and oxygen atoms in total. The number of methoxy groups -OCH3 is 1. The molecule has 1 saturated carbocycles. The molecule has 1 aliphatic carbocycles. The van der Waals surface area contributed by atoms with Crippen molar-refractivity contribution in [1.82, 2.24) is 24.4 Å². The van der Waals surface area contributed by atoms with Crippen molar-refractivity contribution in [2.45, 2.75) is 65.3 Å². The number of aromatic nitrogens is 4. The number of esters is 1. The van der Waals surface area contributed by atoms with Crippen LogP contribution in [0.1, 0.15) is 69.2 Å². The highest BCUT2D eigenvalue weighted by Gasteiger charge is 2.34. The average Bonchev–Trinajstić information content (AvgIpc) is 3.89. The van der Waals surface area contributed by atoms with Crippen molar-refractivity contribution < 1.29 is 19.1 Å². The quantitative estimate of drug-likeness (QED) is 0.144. The molecule has 1 atom stereocenters. The summed E-state index contributed by atoms with van der Waals surface area (Å²) in [6.45, 7) is 14.5. The maximum Gasteiger partial charge on any atom is 0.355 e. The van der Waals surface area contributed by atoms with E-state index >= 15 is 0 Å². The van der Waals surface area contributed by atoms with E-state index in [1.54, 1.807) is 21.7 Å². The van der Waals surface area contributed by atoms with Gasteiger partial charge in [0.15, 0.2) is 17.1 Å². The fourth-order valence-corrected chi connectivity index (χ4v) is 6.49. The molecule has 0 bridgehead atoms. The van der Waals surface area contributed by atoms with Crippen LogP contribution in [-0.4, -0.2) is 69.1 Å². The molecule has 11 heteroatoms. The second kappa shape index (κ2) is 12.6. The first-order chi connectivity index (χ1) is 22.5. The number of rotatable bonds is 8. The molecule has 1 aromatic carbocycles. The van der Waals surface area contributed by atoms with Crippen LogP contribution in [0.5, 0.6) is 11.5 Å². The zero-order chi connectivity index (χ0) is 33.6. The van der Waals surface area contributed by atoms with E-state index in [1.165, 1.54) is 20.1 Å². The molecular weight excluding hydrogens is 596 g/mol. The molecule has 4 aromatic rings. The Labute approximate surface area is 273 Å².